The number of fused-ring (bicyclic) bond motifs is 1. The van der Waals surface area contributed by atoms with Crippen LogP contribution in [0, 0.1) is 22.2 Å². The molecule has 20 heavy (non-hydrogen) atoms. The van der Waals surface area contributed by atoms with Gasteiger partial charge in [-0.15, -0.1) is 0 Å². The van der Waals surface area contributed by atoms with Gasteiger partial charge in [0.05, 0.1) is 11.5 Å². The third-order valence-electron chi connectivity index (χ3n) is 3.09. The average Bonchev–Trinajstić information content (AvgIpc) is 2.89. The quantitative estimate of drug-likeness (QED) is 0.310. The van der Waals surface area contributed by atoms with Crippen LogP contribution in [0.1, 0.15) is 5.56 Å². The summed E-state index contributed by atoms with van der Waals surface area (Å²) < 4.78 is 5.97. The molecule has 100 valence electrons. The number of furan rings is 1. The van der Waals surface area contributed by atoms with Crippen LogP contribution in [-0.2, 0) is 0 Å². The second kappa shape index (κ2) is 4.34. The molecule has 6 nitrogen and oxygen atoms in total. The molecule has 0 fully saturated rings. The van der Waals surface area contributed by atoms with Crippen molar-refractivity contribution in [3.63, 3.8) is 0 Å². The fraction of sp³-hybridized carbons (Fsp3) is 0.0714. The van der Waals surface area contributed by atoms with Gasteiger partial charge < -0.3 is 9.62 Å². The van der Waals surface area contributed by atoms with Crippen LogP contribution in [0.3, 0.4) is 0 Å². The monoisotopic (exact) mass is 270 g/mol. The number of rotatable bonds is 2. The Morgan fingerprint density at radius 2 is 2.00 bits per heavy atom. The maximum absolute atomic E-state index is 11.8. The molecule has 0 aliphatic heterocycles. The molecule has 0 aliphatic rings. The molecule has 0 saturated heterocycles. The summed E-state index contributed by atoms with van der Waals surface area (Å²) >= 11 is 0. The van der Waals surface area contributed by atoms with E-state index >= 15 is 0 Å². The van der Waals surface area contributed by atoms with E-state index in [1.165, 1.54) is 18.3 Å². The Balaban J connectivity index is 2.25. The maximum atomic E-state index is 11.8. The van der Waals surface area contributed by atoms with Crippen molar-refractivity contribution in [2.45, 2.75) is 6.92 Å². The maximum Gasteiger partial charge on any atom is 0.433 e. The van der Waals surface area contributed by atoms with Crippen molar-refractivity contribution in [1.29, 1.82) is 0 Å². The number of aryl methyl sites for hydroxylation is 1. The molecule has 0 amide bonds. The van der Waals surface area contributed by atoms with Crippen LogP contribution in [0.15, 0.2) is 47.0 Å². The summed E-state index contributed by atoms with van der Waals surface area (Å²) in [5.74, 6) is 0.0465. The molecule has 0 atom stereocenters. The second-order valence-electron chi connectivity index (χ2n) is 4.47. The zero-order valence-electron chi connectivity index (χ0n) is 10.6. The van der Waals surface area contributed by atoms with Crippen LogP contribution in [0.4, 0.5) is 5.88 Å². The molecule has 0 saturated carbocycles. The summed E-state index contributed by atoms with van der Waals surface area (Å²) in [5, 5.41) is 23.2. The van der Waals surface area contributed by atoms with E-state index in [9.17, 15) is 15.3 Å². The molecule has 6 heteroatoms. The van der Waals surface area contributed by atoms with E-state index in [-0.39, 0.29) is 5.88 Å². The first-order valence-electron chi connectivity index (χ1n) is 5.93. The van der Waals surface area contributed by atoms with Crippen LogP contribution < -0.4 is 4.73 Å². The summed E-state index contributed by atoms with van der Waals surface area (Å²) in [7, 11) is 0. The predicted molar refractivity (Wildman–Crippen MR) is 72.0 cm³/mol. The zero-order chi connectivity index (χ0) is 14.3. The van der Waals surface area contributed by atoms with Crippen LogP contribution in [-0.4, -0.2) is 4.92 Å². The lowest BCUT2D eigenvalue weighted by Crippen LogP contribution is -2.26. The van der Waals surface area contributed by atoms with Crippen molar-refractivity contribution in [3.05, 3.63) is 63.5 Å². The highest BCUT2D eigenvalue weighted by Crippen LogP contribution is 2.30. The SMILES string of the molecule is Cc1ccc2c(-c3ccc([N+](=O)[O-])o3)cc[n+]([O-])c2c1. The van der Waals surface area contributed by atoms with E-state index < -0.39 is 4.92 Å². The van der Waals surface area contributed by atoms with E-state index in [1.807, 2.05) is 19.1 Å². The molecule has 1 aromatic carbocycles. The highest BCUT2D eigenvalue weighted by molar-refractivity contribution is 5.91. The number of hydrogen-bond donors (Lipinski definition) is 0. The first-order valence-corrected chi connectivity index (χ1v) is 5.93. The Labute approximate surface area is 113 Å². The molecule has 2 aromatic heterocycles. The van der Waals surface area contributed by atoms with Crippen molar-refractivity contribution >= 4 is 16.8 Å². The molecule has 0 N–H and O–H groups in total. The van der Waals surface area contributed by atoms with Crippen molar-refractivity contribution in [1.82, 2.24) is 0 Å². The Kier molecular flexibility index (Phi) is 2.64. The van der Waals surface area contributed by atoms with Crippen LogP contribution in [0.5, 0.6) is 0 Å². The van der Waals surface area contributed by atoms with Gasteiger partial charge in [-0.1, -0.05) is 6.07 Å². The van der Waals surface area contributed by atoms with Crippen molar-refractivity contribution in [2.75, 3.05) is 0 Å². The summed E-state index contributed by atoms with van der Waals surface area (Å²) in [6.07, 6.45) is 1.37. The highest BCUT2D eigenvalue weighted by Gasteiger charge is 2.17. The topological polar surface area (TPSA) is 83.2 Å². The summed E-state index contributed by atoms with van der Waals surface area (Å²) in [5.41, 5.74) is 2.12. The van der Waals surface area contributed by atoms with E-state index in [1.54, 1.807) is 12.1 Å². The van der Waals surface area contributed by atoms with Gasteiger partial charge in [0.15, 0.2) is 6.20 Å². The number of hydrogen-bond acceptors (Lipinski definition) is 4. The summed E-state index contributed by atoms with van der Waals surface area (Å²) in [6, 6.07) is 9.87. The van der Waals surface area contributed by atoms with E-state index in [0.717, 1.165) is 10.3 Å². The lowest BCUT2D eigenvalue weighted by Gasteiger charge is -2.05. The summed E-state index contributed by atoms with van der Waals surface area (Å²) in [6.45, 7) is 1.89. The van der Waals surface area contributed by atoms with Gasteiger partial charge in [0, 0.05) is 17.7 Å². The van der Waals surface area contributed by atoms with Crippen molar-refractivity contribution in [2.24, 2.45) is 0 Å². The third-order valence-corrected chi connectivity index (χ3v) is 3.09. The first-order chi connectivity index (χ1) is 9.56. The minimum atomic E-state index is -0.591. The van der Waals surface area contributed by atoms with Gasteiger partial charge in [-0.3, -0.25) is 10.1 Å². The average molecular weight is 270 g/mol. The molecule has 0 spiro atoms. The van der Waals surface area contributed by atoms with Crippen LogP contribution in [0.2, 0.25) is 0 Å². The van der Waals surface area contributed by atoms with Crippen molar-refractivity contribution in [3.8, 4) is 11.3 Å². The molecular weight excluding hydrogens is 260 g/mol. The lowest BCUT2D eigenvalue weighted by molar-refractivity contribution is -0.576. The summed E-state index contributed by atoms with van der Waals surface area (Å²) in [4.78, 5) is 10.1. The normalized spacial score (nSPS) is 10.8. The number of benzene rings is 1. The molecule has 0 unspecified atom stereocenters. The van der Waals surface area contributed by atoms with Gasteiger partial charge >= 0.3 is 5.88 Å². The smallest absolute Gasteiger partial charge is 0.433 e. The van der Waals surface area contributed by atoms with Gasteiger partial charge in [0.2, 0.25) is 5.52 Å². The van der Waals surface area contributed by atoms with E-state index in [2.05, 4.69) is 0 Å². The highest BCUT2D eigenvalue weighted by atomic mass is 16.6. The second-order valence-corrected chi connectivity index (χ2v) is 4.47. The van der Waals surface area contributed by atoms with Gasteiger partial charge in [0.25, 0.3) is 0 Å². The van der Waals surface area contributed by atoms with E-state index in [0.29, 0.717) is 22.2 Å². The Hall–Kier alpha value is -2.89. The first kappa shape index (κ1) is 12.2. The molecule has 0 bridgehead atoms. The van der Waals surface area contributed by atoms with E-state index in [4.69, 9.17) is 4.42 Å². The Morgan fingerprint density at radius 3 is 2.70 bits per heavy atom. The van der Waals surface area contributed by atoms with Gasteiger partial charge in [-0.25, -0.2) is 0 Å². The molecule has 3 aromatic rings. The zero-order valence-corrected chi connectivity index (χ0v) is 10.6. The number of aromatic nitrogens is 1. The Morgan fingerprint density at radius 1 is 1.20 bits per heavy atom. The molecule has 0 radical (unpaired) electrons. The molecule has 0 aliphatic carbocycles. The number of nitrogens with zero attached hydrogens (tertiary/aromatic N) is 2. The fourth-order valence-electron chi connectivity index (χ4n) is 2.15. The van der Waals surface area contributed by atoms with Crippen molar-refractivity contribution < 1.29 is 14.1 Å². The molecular formula is C14H10N2O4. The third kappa shape index (κ3) is 1.87. The van der Waals surface area contributed by atoms with Gasteiger partial charge in [-0.05, 0) is 24.6 Å². The largest absolute Gasteiger partial charge is 0.618 e. The van der Waals surface area contributed by atoms with Gasteiger partial charge in [-0.2, -0.15) is 4.73 Å². The standard InChI is InChI=1S/C14H10N2O4/c1-9-2-3-10-11(6-7-15(17)12(10)8-9)13-4-5-14(20-13)16(18)19/h2-8H,1H3. The predicted octanol–water partition coefficient (Wildman–Crippen LogP) is 2.95. The van der Waals surface area contributed by atoms with Crippen LogP contribution in [0.25, 0.3) is 22.2 Å². The lowest BCUT2D eigenvalue weighted by atomic mass is 10.1. The van der Waals surface area contributed by atoms with Crippen LogP contribution >= 0.6 is 0 Å². The minimum Gasteiger partial charge on any atom is -0.618 e. The molecule has 2 heterocycles. The Bertz CT molecular complexity index is 823. The number of pyridine rings is 1. The fourth-order valence-corrected chi connectivity index (χ4v) is 2.15. The van der Waals surface area contributed by atoms with Gasteiger partial charge in [0.1, 0.15) is 10.7 Å². The number of nitro groups is 1. The molecule has 3 rings (SSSR count). The minimum absolute atomic E-state index is 0.320.